The van der Waals surface area contributed by atoms with Gasteiger partial charge >= 0.3 is 0 Å². The second kappa shape index (κ2) is 5.26. The lowest BCUT2D eigenvalue weighted by molar-refractivity contribution is -0.116. The molecule has 0 saturated carbocycles. The van der Waals surface area contributed by atoms with Gasteiger partial charge in [0.05, 0.1) is 5.69 Å². The molecule has 4 nitrogen and oxygen atoms in total. The standard InChI is InChI=1S/C14H12ClN3OS/c1-9-8-20-14(16-9)17-13(19)7-18-5-4-10-6-11(15)2-3-12(10)18/h2-6,8H,7H2,1H3,(H,16,17,19). The van der Waals surface area contributed by atoms with E-state index in [-0.39, 0.29) is 12.5 Å². The Bertz CT molecular complexity index is 778. The number of halogens is 1. The summed E-state index contributed by atoms with van der Waals surface area (Å²) in [6.45, 7) is 2.15. The summed E-state index contributed by atoms with van der Waals surface area (Å²) in [7, 11) is 0. The number of fused-ring (bicyclic) bond motifs is 1. The number of carbonyl (C=O) groups is 1. The molecular formula is C14H12ClN3OS. The Hall–Kier alpha value is -1.85. The normalized spacial score (nSPS) is 10.9. The number of rotatable bonds is 3. The second-order valence-corrected chi connectivity index (χ2v) is 5.78. The average Bonchev–Trinajstić information content (AvgIpc) is 2.96. The Morgan fingerprint density at radius 3 is 3.05 bits per heavy atom. The monoisotopic (exact) mass is 305 g/mol. The summed E-state index contributed by atoms with van der Waals surface area (Å²) in [6.07, 6.45) is 1.88. The highest BCUT2D eigenvalue weighted by atomic mass is 35.5. The SMILES string of the molecule is Cc1csc(NC(=O)Cn2ccc3cc(Cl)ccc32)n1. The van der Waals surface area contributed by atoms with E-state index in [2.05, 4.69) is 10.3 Å². The van der Waals surface area contributed by atoms with Crippen LogP contribution in [0.5, 0.6) is 0 Å². The van der Waals surface area contributed by atoms with Crippen LogP contribution in [0.15, 0.2) is 35.8 Å². The highest BCUT2D eigenvalue weighted by Gasteiger charge is 2.08. The number of carbonyl (C=O) groups excluding carboxylic acids is 1. The molecular weight excluding hydrogens is 294 g/mol. The van der Waals surface area contributed by atoms with Crippen molar-refractivity contribution in [1.29, 1.82) is 0 Å². The Morgan fingerprint density at radius 2 is 2.30 bits per heavy atom. The fourth-order valence-corrected chi connectivity index (χ4v) is 2.92. The molecule has 102 valence electrons. The van der Waals surface area contributed by atoms with Crippen LogP contribution in [0.2, 0.25) is 5.02 Å². The summed E-state index contributed by atoms with van der Waals surface area (Å²) < 4.78 is 1.89. The number of thiazole rings is 1. The van der Waals surface area contributed by atoms with Crippen LogP contribution in [0.3, 0.4) is 0 Å². The molecule has 3 aromatic rings. The lowest BCUT2D eigenvalue weighted by atomic mass is 10.2. The van der Waals surface area contributed by atoms with E-state index in [0.717, 1.165) is 16.6 Å². The quantitative estimate of drug-likeness (QED) is 0.802. The molecule has 0 fully saturated rings. The molecule has 0 aliphatic heterocycles. The van der Waals surface area contributed by atoms with E-state index >= 15 is 0 Å². The molecule has 2 heterocycles. The van der Waals surface area contributed by atoms with Crippen LogP contribution in [0.25, 0.3) is 10.9 Å². The van der Waals surface area contributed by atoms with E-state index in [1.54, 1.807) is 0 Å². The molecule has 3 rings (SSSR count). The lowest BCUT2D eigenvalue weighted by Gasteiger charge is -2.05. The van der Waals surface area contributed by atoms with Crippen LogP contribution in [0.1, 0.15) is 5.69 Å². The zero-order valence-corrected chi connectivity index (χ0v) is 12.3. The van der Waals surface area contributed by atoms with Crippen molar-refractivity contribution in [3.8, 4) is 0 Å². The molecule has 1 amide bonds. The van der Waals surface area contributed by atoms with Gasteiger partial charge in [0.1, 0.15) is 6.54 Å². The molecule has 1 N–H and O–H groups in total. The molecule has 0 atom stereocenters. The van der Waals surface area contributed by atoms with Gasteiger partial charge in [0.15, 0.2) is 5.13 Å². The van der Waals surface area contributed by atoms with Crippen molar-refractivity contribution in [1.82, 2.24) is 9.55 Å². The van der Waals surface area contributed by atoms with Gasteiger partial charge in [0, 0.05) is 27.5 Å². The number of amides is 1. The van der Waals surface area contributed by atoms with Gasteiger partial charge in [-0.1, -0.05) is 11.6 Å². The predicted molar refractivity (Wildman–Crippen MR) is 82.4 cm³/mol. The summed E-state index contributed by atoms with van der Waals surface area (Å²) >= 11 is 7.37. The fraction of sp³-hybridized carbons (Fsp3) is 0.143. The number of anilines is 1. The van der Waals surface area contributed by atoms with E-state index in [0.29, 0.717) is 10.2 Å². The van der Waals surface area contributed by atoms with Gasteiger partial charge in [-0.05, 0) is 31.2 Å². The minimum absolute atomic E-state index is 0.0909. The molecule has 1 aromatic carbocycles. The van der Waals surface area contributed by atoms with E-state index in [1.807, 2.05) is 47.3 Å². The molecule has 0 aliphatic rings. The van der Waals surface area contributed by atoms with E-state index < -0.39 is 0 Å². The first kappa shape index (κ1) is 13.1. The first-order valence-electron chi connectivity index (χ1n) is 6.08. The number of hydrogen-bond donors (Lipinski definition) is 1. The highest BCUT2D eigenvalue weighted by molar-refractivity contribution is 7.13. The number of benzene rings is 1. The zero-order chi connectivity index (χ0) is 14.1. The van der Waals surface area contributed by atoms with Gasteiger partial charge in [0.2, 0.25) is 5.91 Å². The molecule has 0 radical (unpaired) electrons. The molecule has 0 unspecified atom stereocenters. The minimum Gasteiger partial charge on any atom is -0.338 e. The number of nitrogens with zero attached hydrogens (tertiary/aromatic N) is 2. The third-order valence-corrected chi connectivity index (χ3v) is 4.02. The molecule has 6 heteroatoms. The number of aromatic nitrogens is 2. The summed E-state index contributed by atoms with van der Waals surface area (Å²) in [5.74, 6) is -0.0909. The van der Waals surface area contributed by atoms with Crippen molar-refractivity contribution in [3.63, 3.8) is 0 Å². The van der Waals surface area contributed by atoms with Crippen molar-refractivity contribution < 1.29 is 4.79 Å². The van der Waals surface area contributed by atoms with E-state index in [4.69, 9.17) is 11.6 Å². The van der Waals surface area contributed by atoms with Crippen molar-refractivity contribution in [2.24, 2.45) is 0 Å². The first-order valence-corrected chi connectivity index (χ1v) is 7.34. The van der Waals surface area contributed by atoms with Crippen molar-refractivity contribution in [2.45, 2.75) is 13.5 Å². The number of nitrogens with one attached hydrogen (secondary N) is 1. The Balaban J connectivity index is 1.77. The minimum atomic E-state index is -0.0909. The molecule has 2 aromatic heterocycles. The fourth-order valence-electron chi connectivity index (χ4n) is 2.03. The van der Waals surface area contributed by atoms with Crippen LogP contribution in [0.4, 0.5) is 5.13 Å². The van der Waals surface area contributed by atoms with Gasteiger partial charge in [-0.2, -0.15) is 0 Å². The van der Waals surface area contributed by atoms with Crippen LogP contribution >= 0.6 is 22.9 Å². The molecule has 0 spiro atoms. The van der Waals surface area contributed by atoms with Crippen molar-refractivity contribution in [2.75, 3.05) is 5.32 Å². The largest absolute Gasteiger partial charge is 0.338 e. The van der Waals surface area contributed by atoms with Crippen LogP contribution in [-0.2, 0) is 11.3 Å². The van der Waals surface area contributed by atoms with Gasteiger partial charge in [-0.25, -0.2) is 4.98 Å². The Morgan fingerprint density at radius 1 is 1.45 bits per heavy atom. The van der Waals surface area contributed by atoms with Crippen LogP contribution < -0.4 is 5.32 Å². The molecule has 0 bridgehead atoms. The zero-order valence-electron chi connectivity index (χ0n) is 10.8. The maximum atomic E-state index is 12.0. The first-order chi connectivity index (χ1) is 9.61. The van der Waals surface area contributed by atoms with Gasteiger partial charge in [0.25, 0.3) is 0 Å². The summed E-state index contributed by atoms with van der Waals surface area (Å²) in [5.41, 5.74) is 1.89. The summed E-state index contributed by atoms with van der Waals surface area (Å²) in [6, 6.07) is 7.57. The number of aryl methyl sites for hydroxylation is 1. The van der Waals surface area contributed by atoms with Crippen LogP contribution in [-0.4, -0.2) is 15.5 Å². The highest BCUT2D eigenvalue weighted by Crippen LogP contribution is 2.21. The molecule has 0 saturated heterocycles. The van der Waals surface area contributed by atoms with E-state index in [1.165, 1.54) is 11.3 Å². The Kier molecular flexibility index (Phi) is 3.46. The third kappa shape index (κ3) is 2.69. The van der Waals surface area contributed by atoms with Gasteiger partial charge in [-0.15, -0.1) is 11.3 Å². The second-order valence-electron chi connectivity index (χ2n) is 4.49. The summed E-state index contributed by atoms with van der Waals surface area (Å²) in [5, 5.41) is 7.05. The summed E-state index contributed by atoms with van der Waals surface area (Å²) in [4.78, 5) is 16.2. The topological polar surface area (TPSA) is 46.9 Å². The van der Waals surface area contributed by atoms with Crippen molar-refractivity contribution in [3.05, 3.63) is 46.6 Å². The average molecular weight is 306 g/mol. The predicted octanol–water partition coefficient (Wildman–Crippen LogP) is 3.70. The molecule has 20 heavy (non-hydrogen) atoms. The van der Waals surface area contributed by atoms with Gasteiger partial charge in [-0.3, -0.25) is 4.79 Å². The van der Waals surface area contributed by atoms with E-state index in [9.17, 15) is 4.79 Å². The smallest absolute Gasteiger partial charge is 0.246 e. The lowest BCUT2D eigenvalue weighted by Crippen LogP contribution is -2.18. The third-order valence-electron chi connectivity index (χ3n) is 2.91. The number of hydrogen-bond acceptors (Lipinski definition) is 3. The Labute approximate surface area is 125 Å². The molecule has 0 aliphatic carbocycles. The van der Waals surface area contributed by atoms with Gasteiger partial charge < -0.3 is 9.88 Å². The van der Waals surface area contributed by atoms with Crippen molar-refractivity contribution >= 4 is 44.9 Å². The van der Waals surface area contributed by atoms with Crippen LogP contribution in [0, 0.1) is 6.92 Å². The maximum Gasteiger partial charge on any atom is 0.246 e. The maximum absolute atomic E-state index is 12.0.